The molecular weight excluding hydrogens is 211 g/mol. The summed E-state index contributed by atoms with van der Waals surface area (Å²) in [6.07, 6.45) is 0. The predicted octanol–water partition coefficient (Wildman–Crippen LogP) is 2.80. The Balaban J connectivity index is 0.000000531. The molecule has 2 aromatic rings. The average molecular weight is 222 g/mol. The molecule has 0 bridgehead atoms. The molecule has 0 aliphatic heterocycles. The van der Waals surface area contributed by atoms with E-state index in [-0.39, 0.29) is 5.82 Å². The largest absolute Gasteiger partial charge is 0.333 e. The van der Waals surface area contributed by atoms with Gasteiger partial charge < -0.3 is 5.73 Å². The Morgan fingerprint density at radius 1 is 1.40 bits per heavy atom. The Morgan fingerprint density at radius 3 is 2.67 bits per heavy atom. The highest BCUT2D eigenvalue weighted by molar-refractivity contribution is 7.17. The molecule has 0 saturated carbocycles. The third-order valence-electron chi connectivity index (χ3n) is 1.98. The molecule has 1 aromatic heterocycles. The summed E-state index contributed by atoms with van der Waals surface area (Å²) in [7, 11) is 1.50. The number of halogens is 1. The number of hydrogen-bond donors (Lipinski definition) is 1. The summed E-state index contributed by atoms with van der Waals surface area (Å²) >= 11 is 1.42. The van der Waals surface area contributed by atoms with Crippen LogP contribution in [0, 0.1) is 24.1 Å². The fourth-order valence-electron chi connectivity index (χ4n) is 1.34. The minimum absolute atomic E-state index is 0.243. The van der Waals surface area contributed by atoms with Crippen molar-refractivity contribution in [2.45, 2.75) is 6.92 Å². The summed E-state index contributed by atoms with van der Waals surface area (Å²) < 4.78 is 14.0. The van der Waals surface area contributed by atoms with Crippen LogP contribution in [0.4, 0.5) is 4.39 Å². The van der Waals surface area contributed by atoms with Gasteiger partial charge in [0, 0.05) is 5.39 Å². The van der Waals surface area contributed by atoms with Crippen LogP contribution in [-0.2, 0) is 0 Å². The highest BCUT2D eigenvalue weighted by Crippen LogP contribution is 2.30. The average Bonchev–Trinajstić information content (AvgIpc) is 2.66. The molecule has 0 amide bonds. The summed E-state index contributed by atoms with van der Waals surface area (Å²) in [4.78, 5) is 0. The standard InChI is InChI=1S/C10H6FNS.CH5N/c1-6-5-13-10-7(4-12)2-3-8(11)9(6)10;1-2/h2-3,5H,1H3;2H2,1H3. The minimum Gasteiger partial charge on any atom is -0.333 e. The van der Waals surface area contributed by atoms with E-state index in [1.165, 1.54) is 30.5 Å². The monoisotopic (exact) mass is 222 g/mol. The summed E-state index contributed by atoms with van der Waals surface area (Å²) in [6, 6.07) is 4.92. The molecule has 2 rings (SSSR count). The van der Waals surface area contributed by atoms with Crippen molar-refractivity contribution < 1.29 is 4.39 Å². The zero-order chi connectivity index (χ0) is 11.4. The number of nitriles is 1. The maximum absolute atomic E-state index is 13.3. The molecule has 0 aliphatic rings. The highest BCUT2D eigenvalue weighted by atomic mass is 32.1. The van der Waals surface area contributed by atoms with Gasteiger partial charge in [0.05, 0.1) is 10.3 Å². The van der Waals surface area contributed by atoms with E-state index in [0.717, 1.165) is 10.3 Å². The van der Waals surface area contributed by atoms with Crippen LogP contribution in [0.15, 0.2) is 17.5 Å². The molecule has 78 valence electrons. The van der Waals surface area contributed by atoms with Gasteiger partial charge in [-0.1, -0.05) is 0 Å². The maximum atomic E-state index is 13.3. The van der Waals surface area contributed by atoms with Crippen molar-refractivity contribution in [3.8, 4) is 6.07 Å². The number of nitrogens with two attached hydrogens (primary N) is 1. The first-order valence-electron chi connectivity index (χ1n) is 4.38. The zero-order valence-corrected chi connectivity index (χ0v) is 9.36. The van der Waals surface area contributed by atoms with Crippen molar-refractivity contribution in [1.29, 1.82) is 5.26 Å². The van der Waals surface area contributed by atoms with Crippen LogP contribution in [0.5, 0.6) is 0 Å². The van der Waals surface area contributed by atoms with Crippen molar-refractivity contribution in [1.82, 2.24) is 0 Å². The van der Waals surface area contributed by atoms with Crippen LogP contribution in [-0.4, -0.2) is 7.05 Å². The smallest absolute Gasteiger partial charge is 0.132 e. The minimum atomic E-state index is -0.243. The van der Waals surface area contributed by atoms with E-state index in [0.29, 0.717) is 10.9 Å². The molecule has 0 saturated heterocycles. The Morgan fingerprint density at radius 2 is 2.07 bits per heavy atom. The molecule has 0 fully saturated rings. The van der Waals surface area contributed by atoms with Crippen LogP contribution >= 0.6 is 11.3 Å². The number of aryl methyl sites for hydroxylation is 1. The Kier molecular flexibility index (Phi) is 3.78. The van der Waals surface area contributed by atoms with Gasteiger partial charge in [-0.25, -0.2) is 4.39 Å². The first-order valence-corrected chi connectivity index (χ1v) is 5.26. The number of thiophene rings is 1. The van der Waals surface area contributed by atoms with Gasteiger partial charge in [-0.2, -0.15) is 5.26 Å². The Bertz CT molecular complexity index is 511. The highest BCUT2D eigenvalue weighted by Gasteiger charge is 2.09. The van der Waals surface area contributed by atoms with Crippen molar-refractivity contribution >= 4 is 21.4 Å². The van der Waals surface area contributed by atoms with Crippen molar-refractivity contribution in [3.05, 3.63) is 34.5 Å². The number of benzene rings is 1. The molecule has 4 heteroatoms. The number of hydrogen-bond acceptors (Lipinski definition) is 3. The zero-order valence-electron chi connectivity index (χ0n) is 8.54. The third kappa shape index (κ3) is 1.99. The first kappa shape index (κ1) is 11.6. The second-order valence-electron chi connectivity index (χ2n) is 2.83. The number of fused-ring (bicyclic) bond motifs is 1. The van der Waals surface area contributed by atoms with E-state index in [4.69, 9.17) is 5.26 Å². The number of nitrogens with zero attached hydrogens (tertiary/aromatic N) is 1. The lowest BCUT2D eigenvalue weighted by atomic mass is 10.1. The van der Waals surface area contributed by atoms with Crippen molar-refractivity contribution in [3.63, 3.8) is 0 Å². The first-order chi connectivity index (χ1) is 7.24. The van der Waals surface area contributed by atoms with Gasteiger partial charge in [-0.3, -0.25) is 0 Å². The predicted molar refractivity (Wildman–Crippen MR) is 61.3 cm³/mol. The molecular formula is C11H11FN2S. The van der Waals surface area contributed by atoms with E-state index >= 15 is 0 Å². The van der Waals surface area contributed by atoms with Crippen molar-refractivity contribution in [2.24, 2.45) is 5.73 Å². The van der Waals surface area contributed by atoms with E-state index in [2.05, 4.69) is 11.8 Å². The lowest BCUT2D eigenvalue weighted by molar-refractivity contribution is 0.639. The summed E-state index contributed by atoms with van der Waals surface area (Å²) in [5, 5.41) is 11.2. The Labute approximate surface area is 91.8 Å². The summed E-state index contributed by atoms with van der Waals surface area (Å²) in [6.45, 7) is 1.85. The lowest BCUT2D eigenvalue weighted by Crippen LogP contribution is -1.80. The fraction of sp³-hybridized carbons (Fsp3) is 0.182. The molecule has 0 aliphatic carbocycles. The van der Waals surface area contributed by atoms with Gasteiger partial charge >= 0.3 is 0 Å². The lowest BCUT2D eigenvalue weighted by Gasteiger charge is -1.95. The van der Waals surface area contributed by atoms with E-state index in [9.17, 15) is 4.39 Å². The SMILES string of the molecule is CN.Cc1csc2c(C#N)ccc(F)c12. The van der Waals surface area contributed by atoms with Gasteiger partial charge in [0.25, 0.3) is 0 Å². The van der Waals surface area contributed by atoms with E-state index in [1.807, 2.05) is 12.3 Å². The van der Waals surface area contributed by atoms with Crippen molar-refractivity contribution in [2.75, 3.05) is 7.05 Å². The van der Waals surface area contributed by atoms with Crippen LogP contribution in [0.2, 0.25) is 0 Å². The van der Waals surface area contributed by atoms with Gasteiger partial charge in [-0.15, -0.1) is 11.3 Å². The van der Waals surface area contributed by atoms with Crippen LogP contribution in [0.3, 0.4) is 0 Å². The molecule has 0 unspecified atom stereocenters. The molecule has 2 nitrogen and oxygen atoms in total. The summed E-state index contributed by atoms with van der Waals surface area (Å²) in [5.74, 6) is -0.243. The third-order valence-corrected chi connectivity index (χ3v) is 3.11. The molecule has 15 heavy (non-hydrogen) atoms. The normalized spacial score (nSPS) is 9.27. The van der Waals surface area contributed by atoms with Crippen LogP contribution in [0.25, 0.3) is 10.1 Å². The number of rotatable bonds is 0. The van der Waals surface area contributed by atoms with E-state index in [1.54, 1.807) is 0 Å². The molecule has 1 aromatic carbocycles. The quantitative estimate of drug-likeness (QED) is 0.745. The second-order valence-corrected chi connectivity index (χ2v) is 3.71. The van der Waals surface area contributed by atoms with Crippen LogP contribution < -0.4 is 5.73 Å². The fourth-order valence-corrected chi connectivity index (χ4v) is 2.37. The van der Waals surface area contributed by atoms with Gasteiger partial charge in [0.1, 0.15) is 11.9 Å². The molecule has 0 radical (unpaired) electrons. The second kappa shape index (κ2) is 4.87. The van der Waals surface area contributed by atoms with Gasteiger partial charge in [0.15, 0.2) is 0 Å². The molecule has 1 heterocycles. The molecule has 0 atom stereocenters. The molecule has 0 spiro atoms. The van der Waals surface area contributed by atoms with Crippen LogP contribution in [0.1, 0.15) is 11.1 Å². The summed E-state index contributed by atoms with van der Waals surface area (Å²) in [5.41, 5.74) is 5.95. The van der Waals surface area contributed by atoms with Gasteiger partial charge in [-0.05, 0) is 37.0 Å². The maximum Gasteiger partial charge on any atom is 0.132 e. The topological polar surface area (TPSA) is 49.8 Å². The Hall–Kier alpha value is -1.44. The molecule has 2 N–H and O–H groups in total. The van der Waals surface area contributed by atoms with E-state index < -0.39 is 0 Å². The van der Waals surface area contributed by atoms with Gasteiger partial charge in [0.2, 0.25) is 0 Å².